The lowest BCUT2D eigenvalue weighted by Gasteiger charge is -2.52. The number of alkyl halides is 1. The predicted molar refractivity (Wildman–Crippen MR) is 143 cm³/mol. The van der Waals surface area contributed by atoms with Gasteiger partial charge in [-0.25, -0.2) is 13.2 Å². The molecule has 2 fully saturated rings. The molecule has 1 unspecified atom stereocenters. The summed E-state index contributed by atoms with van der Waals surface area (Å²) in [6.07, 6.45) is 1.48. The maximum absolute atomic E-state index is 15.1. The zero-order valence-electron chi connectivity index (χ0n) is 22.4. The fourth-order valence-corrected chi connectivity index (χ4v) is 5.92. The molecule has 5 rings (SSSR count). The highest BCUT2D eigenvalue weighted by Crippen LogP contribution is 2.49. The number of carbonyl (C=O) groups is 2. The standard InChI is InChI=1S/C31H31F3N2O4/c1-39-25-10-9-24(33)26(28(25)40-2)29(37)35-23-17-31(18-23)11-13-36(14-12-31)30(38)21-7-3-5-19(15-21)27(34)20-6-4-8-22(32)16-20/h3-10,15-16,23,27H,11-14,17-18H2,1-2H3,(H,35,37). The Kier molecular flexibility index (Phi) is 7.74. The number of hydrogen-bond acceptors (Lipinski definition) is 4. The number of carbonyl (C=O) groups excluding carboxylic acids is 2. The molecule has 0 bridgehead atoms. The molecule has 1 N–H and O–H groups in total. The Morgan fingerprint density at radius 2 is 1.62 bits per heavy atom. The van der Waals surface area contributed by atoms with Crippen molar-refractivity contribution in [1.82, 2.24) is 10.2 Å². The van der Waals surface area contributed by atoms with Gasteiger partial charge in [0.15, 0.2) is 17.7 Å². The first kappa shape index (κ1) is 27.6. The number of halogens is 3. The van der Waals surface area contributed by atoms with Gasteiger partial charge in [-0.05, 0) is 78.6 Å². The van der Waals surface area contributed by atoms with Crippen LogP contribution in [0.3, 0.4) is 0 Å². The van der Waals surface area contributed by atoms with E-state index in [0.29, 0.717) is 24.2 Å². The van der Waals surface area contributed by atoms with Crippen molar-refractivity contribution in [2.24, 2.45) is 5.41 Å². The minimum absolute atomic E-state index is 0.00893. The van der Waals surface area contributed by atoms with Crippen molar-refractivity contribution in [2.45, 2.75) is 37.9 Å². The normalized spacial score (nSPS) is 17.2. The van der Waals surface area contributed by atoms with Crippen molar-refractivity contribution in [2.75, 3.05) is 27.3 Å². The van der Waals surface area contributed by atoms with Gasteiger partial charge in [-0.1, -0.05) is 24.3 Å². The Morgan fingerprint density at radius 1 is 0.950 bits per heavy atom. The summed E-state index contributed by atoms with van der Waals surface area (Å²) in [7, 11) is 2.78. The highest BCUT2D eigenvalue weighted by atomic mass is 19.1. The lowest BCUT2D eigenvalue weighted by Crippen LogP contribution is -2.55. The summed E-state index contributed by atoms with van der Waals surface area (Å²) in [6, 6.07) is 14.3. The quantitative estimate of drug-likeness (QED) is 0.399. The smallest absolute Gasteiger partial charge is 0.258 e. The van der Waals surface area contributed by atoms with E-state index in [2.05, 4.69) is 5.32 Å². The Balaban J connectivity index is 1.17. The lowest BCUT2D eigenvalue weighted by atomic mass is 9.60. The molecule has 40 heavy (non-hydrogen) atoms. The first-order valence-corrected chi connectivity index (χ1v) is 13.2. The number of rotatable bonds is 7. The van der Waals surface area contributed by atoms with Crippen LogP contribution >= 0.6 is 0 Å². The van der Waals surface area contributed by atoms with Crippen molar-refractivity contribution in [3.05, 3.63) is 94.6 Å². The molecule has 1 atom stereocenters. The van der Waals surface area contributed by atoms with Gasteiger partial charge in [0.2, 0.25) is 0 Å². The van der Waals surface area contributed by atoms with Gasteiger partial charge >= 0.3 is 0 Å². The molecule has 0 radical (unpaired) electrons. The van der Waals surface area contributed by atoms with E-state index in [1.165, 1.54) is 50.6 Å². The number of benzene rings is 3. The average molecular weight is 553 g/mol. The van der Waals surface area contributed by atoms with Gasteiger partial charge in [-0.2, -0.15) is 0 Å². The Hall–Kier alpha value is -4.01. The fraction of sp³-hybridized carbons (Fsp3) is 0.355. The van der Waals surface area contributed by atoms with Gasteiger partial charge in [0.25, 0.3) is 11.8 Å². The van der Waals surface area contributed by atoms with Crippen molar-refractivity contribution in [1.29, 1.82) is 0 Å². The number of likely N-dealkylation sites (tertiary alicyclic amines) is 1. The van der Waals surface area contributed by atoms with Crippen molar-refractivity contribution in [3.8, 4) is 11.5 Å². The number of methoxy groups -OCH3 is 2. The van der Waals surface area contributed by atoms with Gasteiger partial charge in [-0.3, -0.25) is 9.59 Å². The topological polar surface area (TPSA) is 67.9 Å². The van der Waals surface area contributed by atoms with Gasteiger partial charge in [0.05, 0.1) is 14.2 Å². The van der Waals surface area contributed by atoms with E-state index in [4.69, 9.17) is 9.47 Å². The third-order valence-electron chi connectivity index (χ3n) is 8.09. The monoisotopic (exact) mass is 552 g/mol. The molecular formula is C31H31F3N2O4. The first-order chi connectivity index (χ1) is 19.2. The van der Waals surface area contributed by atoms with Gasteiger partial charge in [0, 0.05) is 24.7 Å². The molecule has 1 spiro atoms. The number of nitrogens with zero attached hydrogens (tertiary/aromatic N) is 1. The Morgan fingerprint density at radius 3 is 2.27 bits per heavy atom. The minimum atomic E-state index is -1.54. The number of piperidine rings is 1. The third-order valence-corrected chi connectivity index (χ3v) is 8.09. The zero-order chi connectivity index (χ0) is 28.4. The van der Waals surface area contributed by atoms with E-state index in [1.807, 2.05) is 0 Å². The summed E-state index contributed by atoms with van der Waals surface area (Å²) in [5, 5.41) is 2.91. The van der Waals surface area contributed by atoms with Crippen LogP contribution in [0.1, 0.15) is 63.7 Å². The summed E-state index contributed by atoms with van der Waals surface area (Å²) in [4.78, 5) is 27.9. The maximum atomic E-state index is 15.1. The maximum Gasteiger partial charge on any atom is 0.258 e. The van der Waals surface area contributed by atoms with E-state index in [9.17, 15) is 18.4 Å². The Bertz CT molecular complexity index is 1410. The molecule has 1 heterocycles. The first-order valence-electron chi connectivity index (χ1n) is 13.2. The second kappa shape index (κ2) is 11.2. The molecule has 2 amide bonds. The Labute approximate surface area is 231 Å². The third kappa shape index (κ3) is 5.37. The van der Waals surface area contributed by atoms with Crippen LogP contribution in [0.25, 0.3) is 0 Å². The van der Waals surface area contributed by atoms with Crippen molar-refractivity contribution >= 4 is 11.8 Å². The van der Waals surface area contributed by atoms with Crippen LogP contribution in [0.15, 0.2) is 60.7 Å². The SMILES string of the molecule is COc1ccc(F)c(C(=O)NC2CC3(CCN(C(=O)c4cccc(C(F)c5cccc(F)c5)c4)CC3)C2)c1OC. The highest BCUT2D eigenvalue weighted by Gasteiger charge is 2.47. The van der Waals surface area contributed by atoms with Crippen LogP contribution in [0.5, 0.6) is 11.5 Å². The average Bonchev–Trinajstić information content (AvgIpc) is 2.95. The van der Waals surface area contributed by atoms with E-state index in [1.54, 1.807) is 23.1 Å². The van der Waals surface area contributed by atoms with Crippen LogP contribution in [-0.4, -0.2) is 50.1 Å². The molecule has 1 saturated carbocycles. The van der Waals surface area contributed by atoms with E-state index in [0.717, 1.165) is 31.7 Å². The summed E-state index contributed by atoms with van der Waals surface area (Å²) < 4.78 is 53.5. The van der Waals surface area contributed by atoms with E-state index >= 15 is 4.39 Å². The van der Waals surface area contributed by atoms with Gasteiger partial charge in [0.1, 0.15) is 17.2 Å². The highest BCUT2D eigenvalue weighted by molar-refractivity contribution is 5.98. The molecular weight excluding hydrogens is 521 g/mol. The number of amides is 2. The molecule has 3 aromatic rings. The molecule has 1 aliphatic heterocycles. The van der Waals surface area contributed by atoms with Gasteiger partial charge in [-0.15, -0.1) is 0 Å². The number of nitrogens with one attached hydrogen (secondary N) is 1. The second-order valence-electron chi connectivity index (χ2n) is 10.6. The fourth-order valence-electron chi connectivity index (χ4n) is 5.92. The molecule has 0 aromatic heterocycles. The molecule has 1 aliphatic carbocycles. The van der Waals surface area contributed by atoms with Crippen LogP contribution in [0.4, 0.5) is 13.2 Å². The van der Waals surface area contributed by atoms with Gasteiger partial charge < -0.3 is 19.7 Å². The minimum Gasteiger partial charge on any atom is -0.493 e. The van der Waals surface area contributed by atoms with Crippen molar-refractivity contribution in [3.63, 3.8) is 0 Å². The van der Waals surface area contributed by atoms with Crippen LogP contribution in [0.2, 0.25) is 0 Å². The van der Waals surface area contributed by atoms with Crippen molar-refractivity contribution < 1.29 is 32.2 Å². The van der Waals surface area contributed by atoms with Crippen LogP contribution < -0.4 is 14.8 Å². The largest absolute Gasteiger partial charge is 0.493 e. The molecule has 3 aromatic carbocycles. The molecule has 2 aliphatic rings. The predicted octanol–water partition coefficient (Wildman–Crippen LogP) is 5.86. The summed E-state index contributed by atoms with van der Waals surface area (Å²) in [5.74, 6) is -1.59. The summed E-state index contributed by atoms with van der Waals surface area (Å²) >= 11 is 0. The molecule has 9 heteroatoms. The van der Waals surface area contributed by atoms with Crippen LogP contribution in [-0.2, 0) is 0 Å². The van der Waals surface area contributed by atoms with Crippen LogP contribution in [0, 0.1) is 17.0 Å². The second-order valence-corrected chi connectivity index (χ2v) is 10.6. The zero-order valence-corrected chi connectivity index (χ0v) is 22.4. The lowest BCUT2D eigenvalue weighted by molar-refractivity contribution is 0.00856. The number of hydrogen-bond donors (Lipinski definition) is 1. The number of ether oxygens (including phenoxy) is 2. The summed E-state index contributed by atoms with van der Waals surface area (Å²) in [6.45, 7) is 1.09. The molecule has 210 valence electrons. The van der Waals surface area contributed by atoms with E-state index in [-0.39, 0.29) is 40.0 Å². The summed E-state index contributed by atoms with van der Waals surface area (Å²) in [5.41, 5.74) is 0.712. The molecule has 6 nitrogen and oxygen atoms in total. The molecule has 1 saturated heterocycles. The van der Waals surface area contributed by atoms with E-state index < -0.39 is 23.7 Å².